The highest BCUT2D eigenvalue weighted by Crippen LogP contribution is 2.36. The van der Waals surface area contributed by atoms with Gasteiger partial charge >= 0.3 is 0 Å². The van der Waals surface area contributed by atoms with Crippen LogP contribution in [-0.4, -0.2) is 11.4 Å². The quantitative estimate of drug-likeness (QED) is 0.658. The van der Waals surface area contributed by atoms with Gasteiger partial charge in [-0.05, 0) is 55.4 Å². The number of nitrogens with zero attached hydrogens (tertiary/aromatic N) is 1. The first-order valence-corrected chi connectivity index (χ1v) is 10.7. The van der Waals surface area contributed by atoms with Crippen molar-refractivity contribution in [2.45, 2.75) is 38.1 Å². The van der Waals surface area contributed by atoms with Gasteiger partial charge in [-0.15, -0.1) is 0 Å². The molecule has 1 fully saturated rings. The molecule has 1 unspecified atom stereocenters. The van der Waals surface area contributed by atoms with Gasteiger partial charge in [0.15, 0.2) is 0 Å². The average molecular weight is 398 g/mol. The zero-order chi connectivity index (χ0) is 21.1. The molecule has 0 spiro atoms. The maximum atomic E-state index is 4.35. The second-order valence-electron chi connectivity index (χ2n) is 8.34. The SMILES string of the molecule is C=C1NC(=C)C(CN2C=CC=C(C)C2=C)(c2cccc(CCC3=CCCC=C3)c2)N1. The molecule has 0 bridgehead atoms. The Labute approximate surface area is 180 Å². The number of hydrogen-bond donors (Lipinski definition) is 2. The lowest BCUT2D eigenvalue weighted by Gasteiger charge is -2.37. The highest BCUT2D eigenvalue weighted by molar-refractivity contribution is 5.44. The van der Waals surface area contributed by atoms with Crippen molar-refractivity contribution in [3.8, 4) is 0 Å². The molecule has 1 aliphatic carbocycles. The van der Waals surface area contributed by atoms with Crippen LogP contribution >= 0.6 is 0 Å². The molecule has 2 aliphatic heterocycles. The van der Waals surface area contributed by atoms with Crippen LogP contribution in [0.25, 0.3) is 0 Å². The molecule has 1 saturated heterocycles. The molecule has 1 aromatic rings. The summed E-state index contributed by atoms with van der Waals surface area (Å²) >= 11 is 0. The summed E-state index contributed by atoms with van der Waals surface area (Å²) in [7, 11) is 0. The topological polar surface area (TPSA) is 27.3 Å². The van der Waals surface area contributed by atoms with E-state index < -0.39 is 5.54 Å². The van der Waals surface area contributed by atoms with Gasteiger partial charge in [0.25, 0.3) is 0 Å². The van der Waals surface area contributed by atoms with Crippen LogP contribution in [0, 0.1) is 0 Å². The molecule has 154 valence electrons. The molecule has 3 nitrogen and oxygen atoms in total. The van der Waals surface area contributed by atoms with E-state index in [4.69, 9.17) is 0 Å². The fraction of sp³-hybridized carbons (Fsp3) is 0.259. The van der Waals surface area contributed by atoms with E-state index in [-0.39, 0.29) is 0 Å². The predicted octanol–water partition coefficient (Wildman–Crippen LogP) is 5.56. The minimum Gasteiger partial charge on any atom is -0.356 e. The Morgan fingerprint density at radius 1 is 1.13 bits per heavy atom. The third-order valence-electron chi connectivity index (χ3n) is 6.20. The van der Waals surface area contributed by atoms with Gasteiger partial charge in [0.2, 0.25) is 0 Å². The van der Waals surface area contributed by atoms with Crippen LogP contribution in [0.5, 0.6) is 0 Å². The fourth-order valence-electron chi connectivity index (χ4n) is 4.37. The highest BCUT2D eigenvalue weighted by atomic mass is 15.3. The molecule has 0 saturated carbocycles. The average Bonchev–Trinajstić information content (AvgIpc) is 3.04. The minimum atomic E-state index is -0.470. The monoisotopic (exact) mass is 397 g/mol. The third kappa shape index (κ3) is 3.93. The van der Waals surface area contributed by atoms with Crippen LogP contribution in [0.3, 0.4) is 0 Å². The zero-order valence-corrected chi connectivity index (χ0v) is 17.9. The minimum absolute atomic E-state index is 0.470. The van der Waals surface area contributed by atoms with Gasteiger partial charge < -0.3 is 15.5 Å². The van der Waals surface area contributed by atoms with Gasteiger partial charge in [0.1, 0.15) is 5.54 Å². The molecule has 1 atom stereocenters. The van der Waals surface area contributed by atoms with Gasteiger partial charge in [-0.3, -0.25) is 0 Å². The van der Waals surface area contributed by atoms with E-state index in [1.807, 2.05) is 0 Å². The Morgan fingerprint density at radius 2 is 2.00 bits per heavy atom. The van der Waals surface area contributed by atoms with Gasteiger partial charge in [0.05, 0.1) is 12.4 Å². The number of rotatable bonds is 6. The van der Waals surface area contributed by atoms with Crippen molar-refractivity contribution in [1.29, 1.82) is 0 Å². The molecule has 0 aromatic heterocycles. The van der Waals surface area contributed by atoms with Crippen LogP contribution in [-0.2, 0) is 12.0 Å². The van der Waals surface area contributed by atoms with Crippen molar-refractivity contribution < 1.29 is 0 Å². The van der Waals surface area contributed by atoms with Gasteiger partial charge in [-0.25, -0.2) is 0 Å². The molecule has 0 radical (unpaired) electrons. The first-order valence-electron chi connectivity index (χ1n) is 10.7. The van der Waals surface area contributed by atoms with Crippen molar-refractivity contribution in [3.05, 3.63) is 120 Å². The Kier molecular flexibility index (Phi) is 5.54. The van der Waals surface area contributed by atoms with E-state index in [1.54, 1.807) is 0 Å². The van der Waals surface area contributed by atoms with Crippen LogP contribution in [0.1, 0.15) is 37.3 Å². The van der Waals surface area contributed by atoms with Crippen molar-refractivity contribution in [2.75, 3.05) is 6.54 Å². The fourth-order valence-corrected chi connectivity index (χ4v) is 4.37. The third-order valence-corrected chi connectivity index (χ3v) is 6.20. The number of aryl methyl sites for hydroxylation is 1. The molecule has 0 amide bonds. The number of benzene rings is 1. The van der Waals surface area contributed by atoms with Crippen molar-refractivity contribution >= 4 is 0 Å². The number of allylic oxidation sites excluding steroid dienone is 7. The van der Waals surface area contributed by atoms with E-state index >= 15 is 0 Å². The summed E-state index contributed by atoms with van der Waals surface area (Å²) in [4.78, 5) is 2.19. The second kappa shape index (κ2) is 8.27. The number of nitrogens with one attached hydrogen (secondary N) is 2. The summed E-state index contributed by atoms with van der Waals surface area (Å²) in [5, 5.41) is 6.90. The smallest absolute Gasteiger partial charge is 0.122 e. The molecule has 4 rings (SSSR count). The lowest BCUT2D eigenvalue weighted by Crippen LogP contribution is -2.46. The van der Waals surface area contributed by atoms with Gasteiger partial charge in [-0.1, -0.05) is 73.9 Å². The van der Waals surface area contributed by atoms with E-state index in [2.05, 4.69) is 103 Å². The van der Waals surface area contributed by atoms with E-state index in [1.165, 1.54) is 22.3 Å². The van der Waals surface area contributed by atoms with Gasteiger partial charge in [0, 0.05) is 17.6 Å². The van der Waals surface area contributed by atoms with Crippen LogP contribution in [0.15, 0.2) is 109 Å². The largest absolute Gasteiger partial charge is 0.356 e. The Morgan fingerprint density at radius 3 is 2.73 bits per heavy atom. The first-order chi connectivity index (χ1) is 14.5. The van der Waals surface area contributed by atoms with Crippen LogP contribution < -0.4 is 10.6 Å². The summed E-state index contributed by atoms with van der Waals surface area (Å²) < 4.78 is 0. The van der Waals surface area contributed by atoms with E-state index in [0.29, 0.717) is 6.54 Å². The molecular weight excluding hydrogens is 366 g/mol. The van der Waals surface area contributed by atoms with Crippen molar-refractivity contribution in [2.24, 2.45) is 0 Å². The van der Waals surface area contributed by atoms with Crippen molar-refractivity contribution in [1.82, 2.24) is 15.5 Å². The predicted molar refractivity (Wildman–Crippen MR) is 126 cm³/mol. The maximum absolute atomic E-state index is 4.35. The summed E-state index contributed by atoms with van der Waals surface area (Å²) in [6, 6.07) is 8.86. The summed E-state index contributed by atoms with van der Waals surface area (Å²) in [6.45, 7) is 15.5. The molecule has 3 heteroatoms. The lowest BCUT2D eigenvalue weighted by molar-refractivity contribution is 0.333. The second-order valence-corrected chi connectivity index (χ2v) is 8.34. The molecular formula is C27H31N3. The molecule has 3 aliphatic rings. The molecule has 2 N–H and O–H groups in total. The van der Waals surface area contributed by atoms with Crippen LogP contribution in [0.2, 0.25) is 0 Å². The normalized spacial score (nSPS) is 23.2. The molecule has 2 heterocycles. The molecule has 1 aromatic carbocycles. The van der Waals surface area contributed by atoms with E-state index in [0.717, 1.165) is 42.9 Å². The standard InChI is InChI=1S/C27H31N3/c1-20-10-9-17-30(21(20)2)19-27(22(3)28-23(4)29-27)26-14-8-13-25(18-26)16-15-24-11-6-5-7-12-24/h6,8-14,17-18,28-29H,2-5,7,15-16,19H2,1H3. The zero-order valence-electron chi connectivity index (χ0n) is 17.9. The summed E-state index contributed by atoms with van der Waals surface area (Å²) in [5.41, 5.74) is 6.59. The maximum Gasteiger partial charge on any atom is 0.122 e. The Balaban J connectivity index is 1.61. The first kappa shape index (κ1) is 20.1. The lowest BCUT2D eigenvalue weighted by atomic mass is 9.85. The molecule has 30 heavy (non-hydrogen) atoms. The van der Waals surface area contributed by atoms with Crippen LogP contribution in [0.4, 0.5) is 0 Å². The van der Waals surface area contributed by atoms with E-state index in [9.17, 15) is 0 Å². The van der Waals surface area contributed by atoms with Crippen molar-refractivity contribution in [3.63, 3.8) is 0 Å². The van der Waals surface area contributed by atoms with Gasteiger partial charge in [-0.2, -0.15) is 0 Å². The summed E-state index contributed by atoms with van der Waals surface area (Å²) in [6.07, 6.45) is 17.6. The highest BCUT2D eigenvalue weighted by Gasteiger charge is 2.42. The Hall–Kier alpha value is -3.20. The summed E-state index contributed by atoms with van der Waals surface area (Å²) in [5.74, 6) is 0.779. The Bertz CT molecular complexity index is 1000. The number of hydrogen-bond acceptors (Lipinski definition) is 3.